The first-order chi connectivity index (χ1) is 12.3. The number of carbonyl (C=O) groups excluding carboxylic acids is 1. The van der Waals surface area contributed by atoms with Gasteiger partial charge in [-0.3, -0.25) is 9.10 Å². The van der Waals surface area contributed by atoms with Crippen molar-refractivity contribution in [3.8, 4) is 11.5 Å². The van der Waals surface area contributed by atoms with E-state index in [1.807, 2.05) is 0 Å². The number of hydrogen-bond acceptors (Lipinski definition) is 5. The van der Waals surface area contributed by atoms with E-state index >= 15 is 0 Å². The van der Waals surface area contributed by atoms with Gasteiger partial charge in [0.25, 0.3) is 0 Å². The molecule has 140 valence electrons. The summed E-state index contributed by atoms with van der Waals surface area (Å²) in [5.74, 6) is 0.272. The van der Waals surface area contributed by atoms with Crippen molar-refractivity contribution in [2.75, 3.05) is 36.6 Å². The lowest BCUT2D eigenvalue weighted by atomic mass is 10.2. The Morgan fingerprint density at radius 2 is 1.77 bits per heavy atom. The fourth-order valence-electron chi connectivity index (χ4n) is 2.26. The van der Waals surface area contributed by atoms with E-state index in [-0.39, 0.29) is 5.69 Å². The van der Waals surface area contributed by atoms with Crippen LogP contribution in [-0.2, 0) is 14.8 Å². The lowest BCUT2D eigenvalue weighted by Crippen LogP contribution is -2.37. The van der Waals surface area contributed by atoms with Crippen molar-refractivity contribution in [3.05, 3.63) is 47.5 Å². The van der Waals surface area contributed by atoms with Gasteiger partial charge < -0.3 is 14.8 Å². The van der Waals surface area contributed by atoms with Crippen LogP contribution in [-0.4, -0.2) is 41.3 Å². The van der Waals surface area contributed by atoms with Gasteiger partial charge in [-0.25, -0.2) is 8.42 Å². The second-order valence-corrected chi connectivity index (χ2v) is 7.65. The second kappa shape index (κ2) is 8.29. The van der Waals surface area contributed by atoms with E-state index in [2.05, 4.69) is 5.32 Å². The van der Waals surface area contributed by atoms with Crippen molar-refractivity contribution in [1.29, 1.82) is 0 Å². The molecule has 0 atom stereocenters. The van der Waals surface area contributed by atoms with Crippen LogP contribution in [0, 0.1) is 0 Å². The molecule has 2 rings (SSSR count). The van der Waals surface area contributed by atoms with E-state index < -0.39 is 22.5 Å². The summed E-state index contributed by atoms with van der Waals surface area (Å²) in [6.45, 7) is -0.417. The minimum absolute atomic E-state index is 0.277. The molecule has 9 heteroatoms. The molecule has 0 spiro atoms. The number of halogens is 1. The number of benzene rings is 2. The number of hydrogen-bond donors (Lipinski definition) is 1. The molecule has 1 N–H and O–H groups in total. The van der Waals surface area contributed by atoms with Gasteiger partial charge in [0, 0.05) is 6.07 Å². The molecule has 0 aliphatic rings. The molecule has 0 fully saturated rings. The average Bonchev–Trinajstić information content (AvgIpc) is 2.60. The van der Waals surface area contributed by atoms with Gasteiger partial charge in [-0.1, -0.05) is 23.7 Å². The molecule has 0 saturated carbocycles. The fourth-order valence-corrected chi connectivity index (χ4v) is 3.29. The first kappa shape index (κ1) is 19.9. The zero-order valence-electron chi connectivity index (χ0n) is 14.5. The van der Waals surface area contributed by atoms with Crippen LogP contribution in [0.25, 0.3) is 0 Å². The van der Waals surface area contributed by atoms with Crippen LogP contribution in [0.2, 0.25) is 5.02 Å². The van der Waals surface area contributed by atoms with E-state index in [9.17, 15) is 13.2 Å². The molecule has 26 heavy (non-hydrogen) atoms. The van der Waals surface area contributed by atoms with Crippen molar-refractivity contribution in [3.63, 3.8) is 0 Å². The quantitative estimate of drug-likeness (QED) is 0.775. The maximum Gasteiger partial charge on any atom is 0.245 e. The lowest BCUT2D eigenvalue weighted by Gasteiger charge is -2.23. The molecule has 1 amide bonds. The Balaban J connectivity index is 2.29. The highest BCUT2D eigenvalue weighted by Crippen LogP contribution is 2.32. The third kappa shape index (κ3) is 4.80. The summed E-state index contributed by atoms with van der Waals surface area (Å²) in [7, 11) is -0.801. The monoisotopic (exact) mass is 398 g/mol. The largest absolute Gasteiger partial charge is 0.493 e. The van der Waals surface area contributed by atoms with Crippen LogP contribution in [0.4, 0.5) is 11.4 Å². The van der Waals surface area contributed by atoms with Gasteiger partial charge in [0.05, 0.1) is 36.9 Å². The van der Waals surface area contributed by atoms with Gasteiger partial charge in [0.1, 0.15) is 6.54 Å². The average molecular weight is 399 g/mol. The SMILES string of the molecule is COc1ccc(N(CC(=O)Nc2ccccc2Cl)S(C)(=O)=O)cc1OC. The number of nitrogens with zero attached hydrogens (tertiary/aromatic N) is 1. The molecule has 0 unspecified atom stereocenters. The minimum atomic E-state index is -3.72. The second-order valence-electron chi connectivity index (χ2n) is 5.34. The molecule has 2 aromatic carbocycles. The van der Waals surface area contributed by atoms with E-state index in [1.165, 1.54) is 26.4 Å². The van der Waals surface area contributed by atoms with Crippen LogP contribution in [0.1, 0.15) is 0 Å². The Bertz CT molecular complexity index is 902. The van der Waals surface area contributed by atoms with Crippen molar-refractivity contribution in [1.82, 2.24) is 0 Å². The van der Waals surface area contributed by atoms with Gasteiger partial charge in [0.15, 0.2) is 11.5 Å². The maximum atomic E-state index is 12.3. The molecule has 7 nitrogen and oxygen atoms in total. The summed E-state index contributed by atoms with van der Waals surface area (Å²) in [4.78, 5) is 12.3. The van der Waals surface area contributed by atoms with Crippen molar-refractivity contribution in [2.45, 2.75) is 0 Å². The van der Waals surface area contributed by atoms with Gasteiger partial charge in [-0.2, -0.15) is 0 Å². The molecule has 0 bridgehead atoms. The van der Waals surface area contributed by atoms with Gasteiger partial charge in [-0.15, -0.1) is 0 Å². The topological polar surface area (TPSA) is 84.9 Å². The number of anilines is 2. The van der Waals surface area contributed by atoms with Gasteiger partial charge in [0.2, 0.25) is 15.9 Å². The molecular formula is C17H19ClN2O5S. The first-order valence-corrected chi connectivity index (χ1v) is 9.73. The van der Waals surface area contributed by atoms with E-state index in [4.69, 9.17) is 21.1 Å². The van der Waals surface area contributed by atoms with Crippen molar-refractivity contribution >= 4 is 38.9 Å². The van der Waals surface area contributed by atoms with Crippen LogP contribution in [0.3, 0.4) is 0 Å². The summed E-state index contributed by atoms with van der Waals surface area (Å²) in [5, 5.41) is 2.96. The Kier molecular flexibility index (Phi) is 6.33. The third-order valence-electron chi connectivity index (χ3n) is 3.49. The highest BCUT2D eigenvalue weighted by atomic mass is 35.5. The lowest BCUT2D eigenvalue weighted by molar-refractivity contribution is -0.114. The molecule has 0 aromatic heterocycles. The molecule has 0 radical (unpaired) electrons. The predicted molar refractivity (Wildman–Crippen MR) is 102 cm³/mol. The Labute approximate surface area is 157 Å². The van der Waals surface area contributed by atoms with Crippen LogP contribution >= 0.6 is 11.6 Å². The Morgan fingerprint density at radius 1 is 1.12 bits per heavy atom. The van der Waals surface area contributed by atoms with Gasteiger partial charge in [-0.05, 0) is 24.3 Å². The van der Waals surface area contributed by atoms with Gasteiger partial charge >= 0.3 is 0 Å². The van der Waals surface area contributed by atoms with E-state index in [0.29, 0.717) is 22.2 Å². The number of amides is 1. The minimum Gasteiger partial charge on any atom is -0.493 e. The summed E-state index contributed by atoms with van der Waals surface area (Å²) in [6.07, 6.45) is 1.02. The molecule has 0 saturated heterocycles. The molecular weight excluding hydrogens is 380 g/mol. The maximum absolute atomic E-state index is 12.3. The summed E-state index contributed by atoms with van der Waals surface area (Å²) in [6, 6.07) is 11.3. The number of para-hydroxylation sites is 1. The zero-order valence-corrected chi connectivity index (χ0v) is 16.1. The Hall–Kier alpha value is -2.45. The molecule has 0 heterocycles. The van der Waals surface area contributed by atoms with E-state index in [0.717, 1.165) is 10.6 Å². The van der Waals surface area contributed by atoms with Crippen molar-refractivity contribution < 1.29 is 22.7 Å². The summed E-state index contributed by atoms with van der Waals surface area (Å²) < 4.78 is 35.7. The number of sulfonamides is 1. The van der Waals surface area contributed by atoms with Crippen molar-refractivity contribution in [2.24, 2.45) is 0 Å². The Morgan fingerprint density at radius 3 is 2.35 bits per heavy atom. The van der Waals surface area contributed by atoms with Crippen LogP contribution in [0.15, 0.2) is 42.5 Å². The van der Waals surface area contributed by atoms with Crippen LogP contribution in [0.5, 0.6) is 11.5 Å². The predicted octanol–water partition coefficient (Wildman–Crippen LogP) is 2.76. The number of rotatable bonds is 7. The smallest absolute Gasteiger partial charge is 0.245 e. The van der Waals surface area contributed by atoms with E-state index in [1.54, 1.807) is 30.3 Å². The highest BCUT2D eigenvalue weighted by Gasteiger charge is 2.22. The standard InChI is InChI=1S/C17H19ClN2O5S/c1-24-15-9-8-12(10-16(15)25-2)20(26(3,22)23)11-17(21)19-14-7-5-4-6-13(14)18/h4-10H,11H2,1-3H3,(H,19,21). The molecule has 0 aliphatic carbocycles. The number of ether oxygens (including phenoxy) is 2. The number of methoxy groups -OCH3 is 2. The normalized spacial score (nSPS) is 10.9. The molecule has 2 aromatic rings. The number of nitrogens with one attached hydrogen (secondary N) is 1. The fraction of sp³-hybridized carbons (Fsp3) is 0.235. The molecule has 0 aliphatic heterocycles. The summed E-state index contributed by atoms with van der Waals surface area (Å²) >= 11 is 6.01. The number of carbonyl (C=O) groups is 1. The zero-order chi connectivity index (χ0) is 19.3. The highest BCUT2D eigenvalue weighted by molar-refractivity contribution is 7.92. The summed E-state index contributed by atoms with van der Waals surface area (Å²) in [5.41, 5.74) is 0.680. The third-order valence-corrected chi connectivity index (χ3v) is 4.96. The van der Waals surface area contributed by atoms with Crippen LogP contribution < -0.4 is 19.1 Å². The first-order valence-electron chi connectivity index (χ1n) is 7.50.